The molecule has 0 bridgehead atoms. The van der Waals surface area contributed by atoms with Crippen LogP contribution in [0.25, 0.3) is 6.08 Å². The number of nitrogens with one attached hydrogen (secondary N) is 1. The van der Waals surface area contributed by atoms with Gasteiger partial charge in [0.25, 0.3) is 0 Å². The van der Waals surface area contributed by atoms with Gasteiger partial charge < -0.3 is 10.2 Å². The van der Waals surface area contributed by atoms with Crippen LogP contribution < -0.4 is 5.32 Å². The normalized spacial score (nSPS) is 19.4. The van der Waals surface area contributed by atoms with Gasteiger partial charge in [0.05, 0.1) is 0 Å². The minimum Gasteiger partial charge on any atom is -0.336 e. The van der Waals surface area contributed by atoms with Crippen molar-refractivity contribution in [2.24, 2.45) is 5.92 Å². The Hall–Kier alpha value is -2.10. The van der Waals surface area contributed by atoms with Crippen molar-refractivity contribution in [1.29, 1.82) is 0 Å². The summed E-state index contributed by atoms with van der Waals surface area (Å²) in [6.07, 6.45) is 5.79. The SMILES string of the molecule is CC[C@@H](C)C(=O)N[C@H]1CCCN1C(=O)/C=C/c1ccccc1. The Kier molecular flexibility index (Phi) is 5.75. The van der Waals surface area contributed by atoms with Gasteiger partial charge in [-0.1, -0.05) is 44.2 Å². The molecule has 1 aromatic carbocycles. The first kappa shape index (κ1) is 16.3. The van der Waals surface area contributed by atoms with Gasteiger partial charge in [0.1, 0.15) is 6.17 Å². The van der Waals surface area contributed by atoms with Crippen LogP contribution in [0, 0.1) is 5.92 Å². The first-order valence-electron chi connectivity index (χ1n) is 7.96. The average Bonchev–Trinajstić information content (AvgIpc) is 3.00. The fourth-order valence-electron chi connectivity index (χ4n) is 2.50. The molecule has 2 amide bonds. The molecule has 1 aromatic rings. The summed E-state index contributed by atoms with van der Waals surface area (Å²) < 4.78 is 0. The van der Waals surface area contributed by atoms with Gasteiger partial charge in [0.15, 0.2) is 0 Å². The summed E-state index contributed by atoms with van der Waals surface area (Å²) in [5.41, 5.74) is 0.996. The van der Waals surface area contributed by atoms with Crippen molar-refractivity contribution in [3.8, 4) is 0 Å². The topological polar surface area (TPSA) is 49.4 Å². The van der Waals surface area contributed by atoms with E-state index in [-0.39, 0.29) is 23.9 Å². The number of rotatable bonds is 5. The van der Waals surface area contributed by atoms with Crippen molar-refractivity contribution in [2.45, 2.75) is 39.3 Å². The first-order chi connectivity index (χ1) is 10.6. The molecular weight excluding hydrogens is 276 g/mol. The number of nitrogens with zero attached hydrogens (tertiary/aromatic N) is 1. The maximum absolute atomic E-state index is 12.3. The molecule has 22 heavy (non-hydrogen) atoms. The highest BCUT2D eigenvalue weighted by molar-refractivity contribution is 5.92. The van der Waals surface area contributed by atoms with Gasteiger partial charge in [0, 0.05) is 18.5 Å². The Morgan fingerprint density at radius 1 is 1.36 bits per heavy atom. The zero-order valence-corrected chi connectivity index (χ0v) is 13.3. The fourth-order valence-corrected chi connectivity index (χ4v) is 2.50. The van der Waals surface area contributed by atoms with Crippen molar-refractivity contribution in [3.63, 3.8) is 0 Å². The highest BCUT2D eigenvalue weighted by Gasteiger charge is 2.29. The van der Waals surface area contributed by atoms with E-state index in [9.17, 15) is 9.59 Å². The van der Waals surface area contributed by atoms with E-state index in [1.54, 1.807) is 11.0 Å². The molecule has 1 aliphatic heterocycles. The molecule has 4 nitrogen and oxygen atoms in total. The predicted octanol–water partition coefficient (Wildman–Crippen LogP) is 2.81. The molecule has 0 saturated carbocycles. The second-order valence-corrected chi connectivity index (χ2v) is 5.75. The number of carbonyl (C=O) groups excluding carboxylic acids is 2. The van der Waals surface area contributed by atoms with E-state index >= 15 is 0 Å². The van der Waals surface area contributed by atoms with Gasteiger partial charge in [-0.15, -0.1) is 0 Å². The maximum Gasteiger partial charge on any atom is 0.248 e. The highest BCUT2D eigenvalue weighted by Crippen LogP contribution is 2.17. The van der Waals surface area contributed by atoms with Crippen LogP contribution in [0.5, 0.6) is 0 Å². The first-order valence-corrected chi connectivity index (χ1v) is 7.96. The summed E-state index contributed by atoms with van der Waals surface area (Å²) in [6, 6.07) is 9.73. The molecule has 2 rings (SSSR count). The van der Waals surface area contributed by atoms with E-state index in [1.807, 2.05) is 50.3 Å². The lowest BCUT2D eigenvalue weighted by atomic mass is 10.1. The molecule has 0 aliphatic carbocycles. The van der Waals surface area contributed by atoms with E-state index in [1.165, 1.54) is 0 Å². The zero-order valence-electron chi connectivity index (χ0n) is 13.3. The predicted molar refractivity (Wildman–Crippen MR) is 87.8 cm³/mol. The van der Waals surface area contributed by atoms with Crippen LogP contribution in [-0.4, -0.2) is 29.4 Å². The quantitative estimate of drug-likeness (QED) is 0.850. The van der Waals surface area contributed by atoms with Gasteiger partial charge in [0.2, 0.25) is 11.8 Å². The molecule has 2 atom stereocenters. The van der Waals surface area contributed by atoms with E-state index in [0.29, 0.717) is 6.54 Å². The van der Waals surface area contributed by atoms with E-state index in [2.05, 4.69) is 5.32 Å². The standard InChI is InChI=1S/C18H24N2O2/c1-3-14(2)18(22)19-16-10-7-13-20(16)17(21)12-11-15-8-5-4-6-9-15/h4-6,8-9,11-12,14,16H,3,7,10,13H2,1-2H3,(H,19,22)/b12-11+/t14-,16-/m1/s1. The Labute approximate surface area is 132 Å². The third-order valence-electron chi connectivity index (χ3n) is 4.12. The molecule has 1 saturated heterocycles. The van der Waals surface area contributed by atoms with Crippen molar-refractivity contribution in [1.82, 2.24) is 10.2 Å². The number of benzene rings is 1. The van der Waals surface area contributed by atoms with E-state index in [4.69, 9.17) is 0 Å². The molecule has 0 spiro atoms. The second-order valence-electron chi connectivity index (χ2n) is 5.75. The third-order valence-corrected chi connectivity index (χ3v) is 4.12. The summed E-state index contributed by atoms with van der Waals surface area (Å²) in [5, 5.41) is 2.99. The minimum absolute atomic E-state index is 0.0163. The van der Waals surface area contributed by atoms with Gasteiger partial charge >= 0.3 is 0 Å². The number of amides is 2. The fraction of sp³-hybridized carbons (Fsp3) is 0.444. The summed E-state index contributed by atoms with van der Waals surface area (Å²) in [6.45, 7) is 4.60. The van der Waals surface area contributed by atoms with Crippen LogP contribution in [0.2, 0.25) is 0 Å². The zero-order chi connectivity index (χ0) is 15.9. The van der Waals surface area contributed by atoms with Crippen molar-refractivity contribution >= 4 is 17.9 Å². The van der Waals surface area contributed by atoms with Crippen molar-refractivity contribution in [2.75, 3.05) is 6.54 Å². The lowest BCUT2D eigenvalue weighted by molar-refractivity contribution is -0.131. The molecule has 1 N–H and O–H groups in total. The Morgan fingerprint density at radius 3 is 2.77 bits per heavy atom. The maximum atomic E-state index is 12.3. The molecule has 0 unspecified atom stereocenters. The molecule has 4 heteroatoms. The lowest BCUT2D eigenvalue weighted by Crippen LogP contribution is -2.47. The van der Waals surface area contributed by atoms with E-state index < -0.39 is 0 Å². The molecule has 0 radical (unpaired) electrons. The van der Waals surface area contributed by atoms with Crippen LogP contribution in [0.15, 0.2) is 36.4 Å². The average molecular weight is 300 g/mol. The summed E-state index contributed by atoms with van der Waals surface area (Å²) in [7, 11) is 0. The number of carbonyl (C=O) groups is 2. The number of likely N-dealkylation sites (tertiary alicyclic amines) is 1. The minimum atomic E-state index is -0.172. The summed E-state index contributed by atoms with van der Waals surface area (Å²) in [5.74, 6) is -0.0348. The third kappa shape index (κ3) is 4.20. The highest BCUT2D eigenvalue weighted by atomic mass is 16.2. The van der Waals surface area contributed by atoms with Gasteiger partial charge in [-0.3, -0.25) is 9.59 Å². The van der Waals surface area contributed by atoms with Crippen molar-refractivity contribution in [3.05, 3.63) is 42.0 Å². The van der Waals surface area contributed by atoms with Crippen LogP contribution in [-0.2, 0) is 9.59 Å². The van der Waals surface area contributed by atoms with Crippen LogP contribution >= 0.6 is 0 Å². The number of hydrogen-bond acceptors (Lipinski definition) is 2. The monoisotopic (exact) mass is 300 g/mol. The smallest absolute Gasteiger partial charge is 0.248 e. The van der Waals surface area contributed by atoms with Crippen LogP contribution in [0.4, 0.5) is 0 Å². The Balaban J connectivity index is 1.96. The van der Waals surface area contributed by atoms with Crippen LogP contribution in [0.1, 0.15) is 38.7 Å². The molecular formula is C18H24N2O2. The second kappa shape index (κ2) is 7.78. The summed E-state index contributed by atoms with van der Waals surface area (Å²) >= 11 is 0. The molecule has 1 fully saturated rings. The molecule has 1 aliphatic rings. The largest absolute Gasteiger partial charge is 0.336 e. The molecule has 1 heterocycles. The van der Waals surface area contributed by atoms with Crippen molar-refractivity contribution < 1.29 is 9.59 Å². The lowest BCUT2D eigenvalue weighted by Gasteiger charge is -2.25. The van der Waals surface area contributed by atoms with E-state index in [0.717, 1.165) is 24.8 Å². The molecule has 118 valence electrons. The molecule has 0 aromatic heterocycles. The Bertz CT molecular complexity index is 539. The van der Waals surface area contributed by atoms with Gasteiger partial charge in [-0.25, -0.2) is 0 Å². The Morgan fingerprint density at radius 2 is 2.09 bits per heavy atom. The summed E-state index contributed by atoms with van der Waals surface area (Å²) in [4.78, 5) is 26.1. The number of hydrogen-bond donors (Lipinski definition) is 1. The van der Waals surface area contributed by atoms with Gasteiger partial charge in [-0.2, -0.15) is 0 Å². The van der Waals surface area contributed by atoms with Crippen LogP contribution in [0.3, 0.4) is 0 Å². The van der Waals surface area contributed by atoms with Gasteiger partial charge in [-0.05, 0) is 30.9 Å².